The quantitative estimate of drug-likeness (QED) is 0.831. The molecule has 1 rings (SSSR count). The van der Waals surface area contributed by atoms with Crippen molar-refractivity contribution >= 4 is 23.2 Å². The second-order valence-electron chi connectivity index (χ2n) is 4.59. The predicted molar refractivity (Wildman–Crippen MR) is 76.0 cm³/mol. The van der Waals surface area contributed by atoms with Gasteiger partial charge in [0.05, 0.1) is 16.3 Å². The fraction of sp³-hybridized carbons (Fsp3) is 0.462. The van der Waals surface area contributed by atoms with Crippen molar-refractivity contribution in [3.8, 4) is 0 Å². The number of rotatable bonds is 5. The number of nitrogen functional groups attached to an aromatic ring is 1. The molecule has 0 spiro atoms. The molecule has 0 aromatic heterocycles. The Hall–Kier alpha value is -1.26. The van der Waals surface area contributed by atoms with Gasteiger partial charge in [-0.15, -0.1) is 0 Å². The van der Waals surface area contributed by atoms with Gasteiger partial charge in [-0.1, -0.05) is 17.7 Å². The maximum absolute atomic E-state index is 12.2. The minimum atomic E-state index is -0.0916. The van der Waals surface area contributed by atoms with E-state index in [2.05, 4.69) is 4.90 Å². The van der Waals surface area contributed by atoms with Crippen LogP contribution in [0.15, 0.2) is 18.2 Å². The lowest BCUT2D eigenvalue weighted by Gasteiger charge is -2.19. The van der Waals surface area contributed by atoms with Gasteiger partial charge in [0.15, 0.2) is 0 Å². The highest BCUT2D eigenvalue weighted by molar-refractivity contribution is 6.36. The van der Waals surface area contributed by atoms with Crippen LogP contribution in [0.2, 0.25) is 5.02 Å². The van der Waals surface area contributed by atoms with Crippen LogP contribution in [0.5, 0.6) is 0 Å². The lowest BCUT2D eigenvalue weighted by atomic mass is 10.1. The Balaban J connectivity index is 2.66. The Morgan fingerprint density at radius 2 is 1.94 bits per heavy atom. The molecule has 1 aromatic carbocycles. The summed E-state index contributed by atoms with van der Waals surface area (Å²) in [6, 6.07) is 5.12. The molecule has 0 unspecified atom stereocenters. The Bertz CT molecular complexity index is 421. The first-order valence-electron chi connectivity index (χ1n) is 5.87. The lowest BCUT2D eigenvalue weighted by molar-refractivity contribution is 0.0791. The maximum atomic E-state index is 12.2. The van der Waals surface area contributed by atoms with Crippen molar-refractivity contribution in [1.82, 2.24) is 9.80 Å². The van der Waals surface area contributed by atoms with E-state index in [0.29, 0.717) is 22.8 Å². The van der Waals surface area contributed by atoms with Crippen LogP contribution in [0.1, 0.15) is 16.8 Å². The summed E-state index contributed by atoms with van der Waals surface area (Å²) in [5, 5.41) is 0.335. The number of hydrogen-bond acceptors (Lipinski definition) is 3. The minimum absolute atomic E-state index is 0.0916. The molecule has 18 heavy (non-hydrogen) atoms. The molecule has 0 radical (unpaired) electrons. The van der Waals surface area contributed by atoms with E-state index < -0.39 is 0 Å². The number of carbonyl (C=O) groups is 1. The summed E-state index contributed by atoms with van der Waals surface area (Å²) in [4.78, 5) is 15.9. The normalized spacial score (nSPS) is 10.7. The molecule has 100 valence electrons. The zero-order valence-electron chi connectivity index (χ0n) is 11.1. The van der Waals surface area contributed by atoms with Crippen LogP contribution >= 0.6 is 11.6 Å². The lowest BCUT2D eigenvalue weighted by Crippen LogP contribution is -2.30. The van der Waals surface area contributed by atoms with E-state index in [0.717, 1.165) is 13.0 Å². The molecule has 4 nitrogen and oxygen atoms in total. The number of nitrogens with two attached hydrogens (primary N) is 1. The van der Waals surface area contributed by atoms with Crippen molar-refractivity contribution in [2.75, 3.05) is 40.0 Å². The fourth-order valence-electron chi connectivity index (χ4n) is 1.65. The van der Waals surface area contributed by atoms with Crippen molar-refractivity contribution in [3.05, 3.63) is 28.8 Å². The summed E-state index contributed by atoms with van der Waals surface area (Å²) in [5.74, 6) is -0.0916. The molecule has 0 saturated carbocycles. The van der Waals surface area contributed by atoms with E-state index in [1.807, 2.05) is 14.1 Å². The second-order valence-corrected chi connectivity index (χ2v) is 4.97. The maximum Gasteiger partial charge on any atom is 0.255 e. The van der Waals surface area contributed by atoms with Crippen molar-refractivity contribution in [2.24, 2.45) is 0 Å². The Morgan fingerprint density at radius 3 is 2.56 bits per heavy atom. The topological polar surface area (TPSA) is 49.6 Å². The Kier molecular flexibility index (Phi) is 5.44. The first-order valence-corrected chi connectivity index (χ1v) is 6.25. The Labute approximate surface area is 113 Å². The molecule has 1 amide bonds. The van der Waals surface area contributed by atoms with Gasteiger partial charge < -0.3 is 15.5 Å². The zero-order valence-corrected chi connectivity index (χ0v) is 11.9. The molecule has 2 N–H and O–H groups in total. The SMILES string of the molecule is CN(C)CCCN(C)C(=O)c1cccc(N)c1Cl. The molecule has 1 aromatic rings. The molecule has 0 heterocycles. The number of nitrogens with zero attached hydrogens (tertiary/aromatic N) is 2. The van der Waals surface area contributed by atoms with Crippen LogP contribution in [0.4, 0.5) is 5.69 Å². The molecule has 5 heteroatoms. The summed E-state index contributed by atoms with van der Waals surface area (Å²) < 4.78 is 0. The van der Waals surface area contributed by atoms with Gasteiger partial charge in [0.2, 0.25) is 0 Å². The third kappa shape index (κ3) is 3.89. The summed E-state index contributed by atoms with van der Waals surface area (Å²) >= 11 is 6.04. The van der Waals surface area contributed by atoms with Gasteiger partial charge in [-0.2, -0.15) is 0 Å². The number of hydrogen-bond donors (Lipinski definition) is 1. The minimum Gasteiger partial charge on any atom is -0.398 e. The predicted octanol–water partition coefficient (Wildman–Crippen LogP) is 1.95. The van der Waals surface area contributed by atoms with Gasteiger partial charge in [-0.05, 0) is 39.2 Å². The largest absolute Gasteiger partial charge is 0.398 e. The van der Waals surface area contributed by atoms with E-state index in [1.165, 1.54) is 0 Å². The molecule has 0 aliphatic rings. The van der Waals surface area contributed by atoms with Gasteiger partial charge in [-0.3, -0.25) is 4.79 Å². The molecular formula is C13H20ClN3O. The van der Waals surface area contributed by atoms with Crippen LogP contribution in [0, 0.1) is 0 Å². The third-order valence-electron chi connectivity index (χ3n) is 2.70. The first-order chi connectivity index (χ1) is 8.43. The molecule has 0 atom stereocenters. The molecule has 0 aliphatic carbocycles. The number of carbonyl (C=O) groups excluding carboxylic acids is 1. The van der Waals surface area contributed by atoms with E-state index in [1.54, 1.807) is 30.1 Å². The number of amides is 1. The van der Waals surface area contributed by atoms with E-state index in [9.17, 15) is 4.79 Å². The van der Waals surface area contributed by atoms with Crippen molar-refractivity contribution in [2.45, 2.75) is 6.42 Å². The van der Waals surface area contributed by atoms with Gasteiger partial charge in [0, 0.05) is 13.6 Å². The molecule has 0 aliphatic heterocycles. The van der Waals surface area contributed by atoms with Crippen LogP contribution in [0.25, 0.3) is 0 Å². The highest BCUT2D eigenvalue weighted by atomic mass is 35.5. The summed E-state index contributed by atoms with van der Waals surface area (Å²) in [5.41, 5.74) is 6.59. The second kappa shape index (κ2) is 6.61. The van der Waals surface area contributed by atoms with Crippen molar-refractivity contribution < 1.29 is 4.79 Å². The first kappa shape index (κ1) is 14.8. The van der Waals surface area contributed by atoms with Crippen molar-refractivity contribution in [3.63, 3.8) is 0 Å². The van der Waals surface area contributed by atoms with Gasteiger partial charge in [0.1, 0.15) is 0 Å². The number of benzene rings is 1. The Morgan fingerprint density at radius 1 is 1.28 bits per heavy atom. The molecule has 0 bridgehead atoms. The van der Waals surface area contributed by atoms with Crippen molar-refractivity contribution in [1.29, 1.82) is 0 Å². The summed E-state index contributed by atoms with van der Waals surface area (Å²) in [7, 11) is 5.80. The zero-order chi connectivity index (χ0) is 13.7. The van der Waals surface area contributed by atoms with Gasteiger partial charge >= 0.3 is 0 Å². The molecule has 0 fully saturated rings. The number of anilines is 1. The highest BCUT2D eigenvalue weighted by Gasteiger charge is 2.15. The van der Waals surface area contributed by atoms with Crippen LogP contribution in [-0.4, -0.2) is 49.9 Å². The van der Waals surface area contributed by atoms with Crippen LogP contribution < -0.4 is 5.73 Å². The van der Waals surface area contributed by atoms with E-state index in [-0.39, 0.29) is 5.91 Å². The van der Waals surface area contributed by atoms with Gasteiger partial charge in [0.25, 0.3) is 5.91 Å². The van der Waals surface area contributed by atoms with Crippen LogP contribution in [-0.2, 0) is 0 Å². The molecular weight excluding hydrogens is 250 g/mol. The van der Waals surface area contributed by atoms with Gasteiger partial charge in [-0.25, -0.2) is 0 Å². The van der Waals surface area contributed by atoms with E-state index >= 15 is 0 Å². The smallest absolute Gasteiger partial charge is 0.255 e. The monoisotopic (exact) mass is 269 g/mol. The highest BCUT2D eigenvalue weighted by Crippen LogP contribution is 2.23. The van der Waals surface area contributed by atoms with E-state index in [4.69, 9.17) is 17.3 Å². The molecule has 0 saturated heterocycles. The van der Waals surface area contributed by atoms with Crippen LogP contribution in [0.3, 0.4) is 0 Å². The summed E-state index contributed by atoms with van der Waals surface area (Å²) in [6.07, 6.45) is 0.926. The average Bonchev–Trinajstić information content (AvgIpc) is 2.31. The fourth-order valence-corrected chi connectivity index (χ4v) is 1.85. The third-order valence-corrected chi connectivity index (χ3v) is 3.13. The standard InChI is InChI=1S/C13H20ClN3O/c1-16(2)8-5-9-17(3)13(18)10-6-4-7-11(15)12(10)14/h4,6-7H,5,8-9,15H2,1-3H3. The number of halogens is 1. The summed E-state index contributed by atoms with van der Waals surface area (Å²) in [6.45, 7) is 1.64. The average molecular weight is 270 g/mol.